The van der Waals surface area contributed by atoms with Gasteiger partial charge in [-0.25, -0.2) is 0 Å². The van der Waals surface area contributed by atoms with Gasteiger partial charge in [0.05, 0.1) is 12.6 Å². The van der Waals surface area contributed by atoms with E-state index < -0.39 is 12.1 Å². The summed E-state index contributed by atoms with van der Waals surface area (Å²) in [4.78, 5) is 10.3. The molecule has 0 aliphatic carbocycles. The fourth-order valence-corrected chi connectivity index (χ4v) is 1.70. The highest BCUT2D eigenvalue weighted by Crippen LogP contribution is 2.32. The zero-order valence-corrected chi connectivity index (χ0v) is 9.76. The van der Waals surface area contributed by atoms with E-state index in [1.54, 1.807) is 18.2 Å². The van der Waals surface area contributed by atoms with E-state index in [4.69, 9.17) is 14.6 Å². The molecule has 1 aliphatic heterocycles. The lowest BCUT2D eigenvalue weighted by atomic mass is 10.1. The Bertz CT molecular complexity index is 434. The molecule has 1 aromatic carbocycles. The highest BCUT2D eigenvalue weighted by molar-refractivity contribution is 5.69. The van der Waals surface area contributed by atoms with E-state index in [9.17, 15) is 9.90 Å². The molecule has 0 saturated carbocycles. The third-order valence-electron chi connectivity index (χ3n) is 2.56. The van der Waals surface area contributed by atoms with Crippen LogP contribution in [0.15, 0.2) is 18.2 Å². The van der Waals surface area contributed by atoms with Crippen LogP contribution in [-0.4, -0.2) is 42.5 Å². The summed E-state index contributed by atoms with van der Waals surface area (Å²) in [5, 5.41) is 21.0. The second-order valence-corrected chi connectivity index (χ2v) is 3.94. The average Bonchev–Trinajstić information content (AvgIpc) is 2.37. The smallest absolute Gasteiger partial charge is 0.317 e. The Balaban J connectivity index is 1.97. The molecule has 1 atom stereocenters. The summed E-state index contributed by atoms with van der Waals surface area (Å²) < 4.78 is 10.8. The topological polar surface area (TPSA) is 88.0 Å². The van der Waals surface area contributed by atoms with Gasteiger partial charge in [-0.05, 0) is 17.7 Å². The van der Waals surface area contributed by atoms with Gasteiger partial charge in [-0.3, -0.25) is 4.79 Å². The molecular weight excluding hydrogens is 238 g/mol. The van der Waals surface area contributed by atoms with Crippen LogP contribution in [0.3, 0.4) is 0 Å². The van der Waals surface area contributed by atoms with Gasteiger partial charge in [0.25, 0.3) is 0 Å². The minimum atomic E-state index is -0.954. The molecule has 0 radical (unpaired) electrons. The Morgan fingerprint density at radius 2 is 2.06 bits per heavy atom. The van der Waals surface area contributed by atoms with Crippen LogP contribution in [0.4, 0.5) is 0 Å². The lowest BCUT2D eigenvalue weighted by Crippen LogP contribution is -2.27. The number of carboxylic acid groups (broad SMARTS) is 1. The van der Waals surface area contributed by atoms with Gasteiger partial charge in [0.2, 0.25) is 0 Å². The van der Waals surface area contributed by atoms with E-state index in [0.717, 1.165) is 0 Å². The van der Waals surface area contributed by atoms with Crippen LogP contribution in [0.2, 0.25) is 0 Å². The van der Waals surface area contributed by atoms with Gasteiger partial charge in [0.1, 0.15) is 13.2 Å². The fraction of sp³-hybridized carbons (Fsp3) is 0.417. The van der Waals surface area contributed by atoms with Gasteiger partial charge in [-0.1, -0.05) is 6.07 Å². The molecule has 2 rings (SSSR count). The molecule has 0 amide bonds. The fourth-order valence-electron chi connectivity index (χ4n) is 1.70. The summed E-state index contributed by atoms with van der Waals surface area (Å²) >= 11 is 0. The number of hydrogen-bond acceptors (Lipinski definition) is 5. The summed E-state index contributed by atoms with van der Waals surface area (Å²) in [5.74, 6) is 0.316. The van der Waals surface area contributed by atoms with Crippen molar-refractivity contribution in [2.75, 3.05) is 26.3 Å². The molecule has 1 heterocycles. The molecule has 0 bridgehead atoms. The maximum Gasteiger partial charge on any atom is 0.317 e. The van der Waals surface area contributed by atoms with Crippen LogP contribution in [0.5, 0.6) is 11.5 Å². The third-order valence-corrected chi connectivity index (χ3v) is 2.56. The van der Waals surface area contributed by atoms with Crippen LogP contribution in [0.1, 0.15) is 11.7 Å². The van der Waals surface area contributed by atoms with Crippen LogP contribution in [-0.2, 0) is 4.79 Å². The zero-order chi connectivity index (χ0) is 13.0. The number of ether oxygens (including phenoxy) is 2. The molecule has 0 aromatic heterocycles. The number of nitrogens with one attached hydrogen (secondary N) is 1. The molecular formula is C12H15NO5. The molecule has 1 unspecified atom stereocenters. The predicted octanol–water partition coefficient (Wildman–Crippen LogP) is 0.165. The number of benzene rings is 1. The first-order chi connectivity index (χ1) is 8.66. The summed E-state index contributed by atoms with van der Waals surface area (Å²) in [7, 11) is 0. The first-order valence-electron chi connectivity index (χ1n) is 5.67. The predicted molar refractivity (Wildman–Crippen MR) is 62.9 cm³/mol. The van der Waals surface area contributed by atoms with Crippen molar-refractivity contribution in [3.05, 3.63) is 23.8 Å². The molecule has 6 nitrogen and oxygen atoms in total. The molecule has 0 saturated heterocycles. The van der Waals surface area contributed by atoms with Gasteiger partial charge in [0.15, 0.2) is 11.5 Å². The molecule has 6 heteroatoms. The second-order valence-electron chi connectivity index (χ2n) is 3.94. The maximum atomic E-state index is 10.3. The first-order valence-corrected chi connectivity index (χ1v) is 5.67. The van der Waals surface area contributed by atoms with Crippen molar-refractivity contribution in [3.63, 3.8) is 0 Å². The molecule has 0 spiro atoms. The number of aliphatic carboxylic acids is 1. The Labute approximate surface area is 104 Å². The largest absolute Gasteiger partial charge is 0.486 e. The number of rotatable bonds is 5. The molecule has 98 valence electrons. The lowest BCUT2D eigenvalue weighted by molar-refractivity contribution is -0.136. The summed E-state index contributed by atoms with van der Waals surface area (Å²) in [6, 6.07) is 5.19. The van der Waals surface area contributed by atoms with E-state index in [0.29, 0.717) is 30.3 Å². The quantitative estimate of drug-likeness (QED) is 0.693. The Hall–Kier alpha value is -1.79. The third kappa shape index (κ3) is 3.12. The minimum Gasteiger partial charge on any atom is -0.486 e. The van der Waals surface area contributed by atoms with Crippen LogP contribution < -0.4 is 14.8 Å². The van der Waals surface area contributed by atoms with Crippen LogP contribution >= 0.6 is 0 Å². The summed E-state index contributed by atoms with van der Waals surface area (Å²) in [6.07, 6.45) is -0.778. The van der Waals surface area contributed by atoms with Crippen molar-refractivity contribution in [1.82, 2.24) is 5.32 Å². The van der Waals surface area contributed by atoms with Gasteiger partial charge in [0, 0.05) is 6.54 Å². The van der Waals surface area contributed by atoms with Crippen molar-refractivity contribution in [2.45, 2.75) is 6.10 Å². The maximum absolute atomic E-state index is 10.3. The van der Waals surface area contributed by atoms with E-state index in [1.807, 2.05) is 0 Å². The molecule has 18 heavy (non-hydrogen) atoms. The van der Waals surface area contributed by atoms with E-state index in [1.165, 1.54) is 0 Å². The molecule has 0 fully saturated rings. The Kier molecular flexibility index (Phi) is 4.01. The van der Waals surface area contributed by atoms with Crippen molar-refractivity contribution < 1.29 is 24.5 Å². The number of carboxylic acids is 1. The second kappa shape index (κ2) is 5.70. The van der Waals surface area contributed by atoms with E-state index in [-0.39, 0.29) is 13.1 Å². The number of aliphatic hydroxyl groups excluding tert-OH is 1. The zero-order valence-electron chi connectivity index (χ0n) is 9.76. The first kappa shape index (κ1) is 12.7. The van der Waals surface area contributed by atoms with Gasteiger partial charge in [-0.2, -0.15) is 0 Å². The normalized spacial score (nSPS) is 15.2. The number of carbonyl (C=O) groups is 1. The van der Waals surface area contributed by atoms with E-state index >= 15 is 0 Å². The minimum absolute atomic E-state index is 0.173. The highest BCUT2D eigenvalue weighted by Gasteiger charge is 2.15. The highest BCUT2D eigenvalue weighted by atomic mass is 16.6. The van der Waals surface area contributed by atoms with E-state index in [2.05, 4.69) is 5.32 Å². The van der Waals surface area contributed by atoms with Gasteiger partial charge < -0.3 is 25.0 Å². The van der Waals surface area contributed by atoms with Crippen LogP contribution in [0, 0.1) is 0 Å². The molecule has 1 aromatic rings. The van der Waals surface area contributed by atoms with Crippen molar-refractivity contribution in [1.29, 1.82) is 0 Å². The average molecular weight is 253 g/mol. The van der Waals surface area contributed by atoms with Crippen molar-refractivity contribution >= 4 is 5.97 Å². The van der Waals surface area contributed by atoms with Gasteiger partial charge in [-0.15, -0.1) is 0 Å². The number of hydrogen-bond donors (Lipinski definition) is 3. The molecule has 3 N–H and O–H groups in total. The van der Waals surface area contributed by atoms with Crippen molar-refractivity contribution in [3.8, 4) is 11.5 Å². The lowest BCUT2D eigenvalue weighted by Gasteiger charge is -2.20. The molecule has 1 aliphatic rings. The van der Waals surface area contributed by atoms with Crippen molar-refractivity contribution in [2.24, 2.45) is 0 Å². The summed E-state index contributed by atoms with van der Waals surface area (Å²) in [5.41, 5.74) is 0.664. The SMILES string of the molecule is O=C(O)CNCC(O)c1ccc2c(c1)OCCO2. The van der Waals surface area contributed by atoms with Crippen LogP contribution in [0.25, 0.3) is 0 Å². The number of aliphatic hydroxyl groups is 1. The summed E-state index contributed by atoms with van der Waals surface area (Å²) in [6.45, 7) is 1.01. The van der Waals surface area contributed by atoms with Gasteiger partial charge >= 0.3 is 5.97 Å². The standard InChI is InChI=1S/C12H15NO5/c14-9(6-13-7-12(15)16)8-1-2-10-11(5-8)18-4-3-17-10/h1-2,5,9,13-14H,3-4,6-7H2,(H,15,16). The Morgan fingerprint density at radius 3 is 2.78 bits per heavy atom. The number of fused-ring (bicyclic) bond motifs is 1. The monoisotopic (exact) mass is 253 g/mol. The Morgan fingerprint density at radius 1 is 1.33 bits per heavy atom.